The summed E-state index contributed by atoms with van der Waals surface area (Å²) in [4.78, 5) is 21.1. The van der Waals surface area contributed by atoms with E-state index in [1.807, 2.05) is 25.1 Å². The molecule has 4 heterocycles. The third-order valence-corrected chi connectivity index (χ3v) is 6.68. The maximum atomic E-state index is 12.9. The van der Waals surface area contributed by atoms with Crippen LogP contribution in [0.5, 0.6) is 0 Å². The number of nitrogens with one attached hydrogen (secondary N) is 1. The minimum atomic E-state index is -0.0865. The molecule has 0 aromatic carbocycles. The molecule has 0 bridgehead atoms. The molecule has 3 aromatic heterocycles. The predicted octanol–water partition coefficient (Wildman–Crippen LogP) is 3.84. The minimum Gasteiger partial charge on any atom is -0.350 e. The molecule has 4 rings (SSSR count). The average molecular weight is 410 g/mol. The van der Waals surface area contributed by atoms with Crippen LogP contribution >= 0.6 is 11.3 Å². The lowest BCUT2D eigenvalue weighted by molar-refractivity contribution is 0.0914. The van der Waals surface area contributed by atoms with Gasteiger partial charge in [0.05, 0.1) is 23.5 Å². The highest BCUT2D eigenvalue weighted by atomic mass is 32.1. The predicted molar refractivity (Wildman–Crippen MR) is 115 cm³/mol. The molecule has 0 aliphatic carbocycles. The number of carbonyl (C=O) groups excluding carboxylic acids is 1. The molecule has 152 valence electrons. The first kappa shape index (κ1) is 19.8. The van der Waals surface area contributed by atoms with Gasteiger partial charge in [-0.1, -0.05) is 19.1 Å². The van der Waals surface area contributed by atoms with E-state index in [1.54, 1.807) is 28.4 Å². The molecule has 1 aliphatic heterocycles. The number of hydrogen-bond donors (Lipinski definition) is 1. The second-order valence-corrected chi connectivity index (χ2v) is 8.68. The van der Waals surface area contributed by atoms with Crippen LogP contribution < -0.4 is 5.32 Å². The van der Waals surface area contributed by atoms with Gasteiger partial charge in [0, 0.05) is 17.6 Å². The first-order valence-corrected chi connectivity index (χ1v) is 11.0. The summed E-state index contributed by atoms with van der Waals surface area (Å²) in [5.74, 6) is 1.41. The molecule has 29 heavy (non-hydrogen) atoms. The SMILES string of the molecule is Cc1c(C(=O)NCC(c2cccs2)N2CCC(C)CC2)cnn1-c1ccccn1. The molecule has 1 fully saturated rings. The van der Waals surface area contributed by atoms with Crippen molar-refractivity contribution in [2.45, 2.75) is 32.7 Å². The number of thiophene rings is 1. The van der Waals surface area contributed by atoms with Crippen molar-refractivity contribution < 1.29 is 4.79 Å². The lowest BCUT2D eigenvalue weighted by Crippen LogP contribution is -2.41. The van der Waals surface area contributed by atoms with E-state index in [1.165, 1.54) is 17.7 Å². The number of aromatic nitrogens is 3. The Morgan fingerprint density at radius 1 is 1.28 bits per heavy atom. The molecule has 3 aromatic rings. The number of rotatable bonds is 6. The summed E-state index contributed by atoms with van der Waals surface area (Å²) in [6.07, 6.45) is 5.78. The normalized spacial score (nSPS) is 16.6. The zero-order chi connectivity index (χ0) is 20.2. The number of nitrogens with zero attached hydrogens (tertiary/aromatic N) is 4. The smallest absolute Gasteiger partial charge is 0.254 e. The van der Waals surface area contributed by atoms with Gasteiger partial charge in [0.1, 0.15) is 0 Å². The van der Waals surface area contributed by atoms with Gasteiger partial charge < -0.3 is 5.32 Å². The number of pyridine rings is 1. The third kappa shape index (κ3) is 4.41. The van der Waals surface area contributed by atoms with Gasteiger partial charge >= 0.3 is 0 Å². The molecule has 1 aliphatic rings. The Kier molecular flexibility index (Phi) is 6.06. The third-order valence-electron chi connectivity index (χ3n) is 5.71. The van der Waals surface area contributed by atoms with E-state index in [-0.39, 0.29) is 11.9 Å². The van der Waals surface area contributed by atoms with Gasteiger partial charge in [0.2, 0.25) is 0 Å². The summed E-state index contributed by atoms with van der Waals surface area (Å²) >= 11 is 1.76. The zero-order valence-electron chi connectivity index (χ0n) is 16.9. The number of hydrogen-bond acceptors (Lipinski definition) is 5. The summed E-state index contributed by atoms with van der Waals surface area (Å²) in [5, 5.41) is 9.63. The van der Waals surface area contributed by atoms with E-state index in [9.17, 15) is 4.79 Å². The largest absolute Gasteiger partial charge is 0.350 e. The van der Waals surface area contributed by atoms with Gasteiger partial charge in [-0.3, -0.25) is 9.69 Å². The van der Waals surface area contributed by atoms with Gasteiger partial charge in [-0.2, -0.15) is 5.10 Å². The van der Waals surface area contributed by atoms with Crippen molar-refractivity contribution in [1.29, 1.82) is 0 Å². The fraction of sp³-hybridized carbons (Fsp3) is 0.409. The Bertz CT molecular complexity index is 930. The fourth-order valence-corrected chi connectivity index (χ4v) is 4.72. The molecular formula is C22H27N5OS. The van der Waals surface area contributed by atoms with E-state index in [0.29, 0.717) is 17.9 Å². The van der Waals surface area contributed by atoms with Gasteiger partial charge in [-0.05, 0) is 62.4 Å². The molecule has 6 nitrogen and oxygen atoms in total. The highest BCUT2D eigenvalue weighted by Gasteiger charge is 2.26. The van der Waals surface area contributed by atoms with Crippen molar-refractivity contribution in [1.82, 2.24) is 25.0 Å². The number of piperidine rings is 1. The Labute approximate surface area is 175 Å². The van der Waals surface area contributed by atoms with Crippen molar-refractivity contribution in [3.8, 4) is 5.82 Å². The molecule has 1 atom stereocenters. The van der Waals surface area contributed by atoms with E-state index >= 15 is 0 Å². The van der Waals surface area contributed by atoms with Crippen LogP contribution in [0.25, 0.3) is 5.82 Å². The van der Waals surface area contributed by atoms with Crippen molar-refractivity contribution in [2.24, 2.45) is 5.92 Å². The van der Waals surface area contributed by atoms with Gasteiger partial charge in [0.15, 0.2) is 5.82 Å². The van der Waals surface area contributed by atoms with Crippen molar-refractivity contribution >= 4 is 17.2 Å². The Hall–Kier alpha value is -2.51. The van der Waals surface area contributed by atoms with Crippen molar-refractivity contribution in [3.63, 3.8) is 0 Å². The second kappa shape index (κ2) is 8.88. The van der Waals surface area contributed by atoms with Crippen LogP contribution in [0.3, 0.4) is 0 Å². The van der Waals surface area contributed by atoms with Crippen LogP contribution in [0.15, 0.2) is 48.1 Å². The lowest BCUT2D eigenvalue weighted by Gasteiger charge is -2.36. The van der Waals surface area contributed by atoms with Crippen LogP contribution in [0.2, 0.25) is 0 Å². The van der Waals surface area contributed by atoms with Crippen LogP contribution in [0.4, 0.5) is 0 Å². The topological polar surface area (TPSA) is 63.1 Å². The molecule has 1 unspecified atom stereocenters. The summed E-state index contributed by atoms with van der Waals surface area (Å²) in [6.45, 7) is 6.98. The van der Waals surface area contributed by atoms with Gasteiger partial charge in [0.25, 0.3) is 5.91 Å². The zero-order valence-corrected chi connectivity index (χ0v) is 17.7. The molecule has 1 amide bonds. The van der Waals surface area contributed by atoms with E-state index in [2.05, 4.69) is 44.7 Å². The highest BCUT2D eigenvalue weighted by molar-refractivity contribution is 7.10. The molecule has 0 radical (unpaired) electrons. The maximum Gasteiger partial charge on any atom is 0.254 e. The number of amides is 1. The molecule has 1 N–H and O–H groups in total. The number of carbonyl (C=O) groups is 1. The monoisotopic (exact) mass is 409 g/mol. The standard InChI is InChI=1S/C22H27N5OS/c1-16-8-11-26(12-9-16)19(20-6-5-13-29-20)15-24-22(28)18-14-25-27(17(18)2)21-7-3-4-10-23-21/h3-7,10,13-14,16,19H,8-9,11-12,15H2,1-2H3,(H,24,28). The number of likely N-dealkylation sites (tertiary alicyclic amines) is 1. The maximum absolute atomic E-state index is 12.9. The van der Waals surface area contributed by atoms with E-state index in [4.69, 9.17) is 0 Å². The Morgan fingerprint density at radius 3 is 2.79 bits per heavy atom. The summed E-state index contributed by atoms with van der Waals surface area (Å²) in [6, 6.07) is 10.1. The second-order valence-electron chi connectivity index (χ2n) is 7.70. The van der Waals surface area contributed by atoms with Crippen molar-refractivity contribution in [3.05, 3.63) is 64.2 Å². The van der Waals surface area contributed by atoms with E-state index in [0.717, 1.165) is 24.7 Å². The Balaban J connectivity index is 1.47. The van der Waals surface area contributed by atoms with Crippen LogP contribution in [0, 0.1) is 12.8 Å². The molecule has 0 saturated carbocycles. The molecule has 0 spiro atoms. The average Bonchev–Trinajstić information content (AvgIpc) is 3.40. The first-order valence-electron chi connectivity index (χ1n) is 10.1. The minimum absolute atomic E-state index is 0.0865. The Morgan fingerprint density at radius 2 is 2.10 bits per heavy atom. The molecular weight excluding hydrogens is 382 g/mol. The molecule has 7 heteroatoms. The van der Waals surface area contributed by atoms with Crippen LogP contribution in [-0.4, -0.2) is 45.2 Å². The first-order chi connectivity index (χ1) is 14.1. The quantitative estimate of drug-likeness (QED) is 0.672. The highest BCUT2D eigenvalue weighted by Crippen LogP contribution is 2.29. The fourth-order valence-electron chi connectivity index (χ4n) is 3.86. The summed E-state index contributed by atoms with van der Waals surface area (Å²) in [5.41, 5.74) is 1.38. The van der Waals surface area contributed by atoms with Crippen molar-refractivity contribution in [2.75, 3.05) is 19.6 Å². The lowest BCUT2D eigenvalue weighted by atomic mass is 9.97. The van der Waals surface area contributed by atoms with Gasteiger partial charge in [-0.25, -0.2) is 9.67 Å². The summed E-state index contributed by atoms with van der Waals surface area (Å²) < 4.78 is 1.71. The summed E-state index contributed by atoms with van der Waals surface area (Å²) in [7, 11) is 0. The van der Waals surface area contributed by atoms with Crippen LogP contribution in [0.1, 0.15) is 46.7 Å². The van der Waals surface area contributed by atoms with E-state index < -0.39 is 0 Å². The van der Waals surface area contributed by atoms with Gasteiger partial charge in [-0.15, -0.1) is 11.3 Å². The van der Waals surface area contributed by atoms with Crippen LogP contribution in [-0.2, 0) is 0 Å². The molecule has 1 saturated heterocycles.